The first-order chi connectivity index (χ1) is 8.65. The summed E-state index contributed by atoms with van der Waals surface area (Å²) in [6.45, 7) is 4.23. The molecule has 0 fully saturated rings. The van der Waals surface area contributed by atoms with Gasteiger partial charge < -0.3 is 4.40 Å². The molecule has 0 N–H and O–H groups in total. The first kappa shape index (κ1) is 11.5. The van der Waals surface area contributed by atoms with Crippen molar-refractivity contribution in [3.8, 4) is 11.3 Å². The van der Waals surface area contributed by atoms with Crippen molar-refractivity contribution in [3.63, 3.8) is 0 Å². The fraction of sp³-hybridized carbons (Fsp3) is 0.133. The van der Waals surface area contributed by atoms with Gasteiger partial charge in [-0.3, -0.25) is 0 Å². The van der Waals surface area contributed by atoms with Crippen molar-refractivity contribution in [2.24, 2.45) is 0 Å². The molecule has 3 aromatic rings. The van der Waals surface area contributed by atoms with Crippen molar-refractivity contribution < 1.29 is 0 Å². The Morgan fingerprint density at radius 3 is 2.72 bits per heavy atom. The summed E-state index contributed by atoms with van der Waals surface area (Å²) in [5.41, 5.74) is 5.69. The topological polar surface area (TPSA) is 17.3 Å². The number of aromatic nitrogens is 2. The average molecular weight is 301 g/mol. The van der Waals surface area contributed by atoms with Crippen LogP contribution in [0.25, 0.3) is 16.9 Å². The molecule has 0 radical (unpaired) electrons. The second kappa shape index (κ2) is 4.25. The van der Waals surface area contributed by atoms with Crippen molar-refractivity contribution in [3.05, 3.63) is 58.3 Å². The van der Waals surface area contributed by atoms with Gasteiger partial charge in [0.15, 0.2) is 5.65 Å². The molecule has 0 aliphatic carbocycles. The fourth-order valence-electron chi connectivity index (χ4n) is 2.21. The van der Waals surface area contributed by atoms with Crippen LogP contribution in [-0.4, -0.2) is 9.38 Å². The van der Waals surface area contributed by atoms with Crippen molar-refractivity contribution >= 4 is 21.6 Å². The zero-order chi connectivity index (χ0) is 12.7. The first-order valence-corrected chi connectivity index (χ1v) is 6.65. The van der Waals surface area contributed by atoms with E-state index in [0.717, 1.165) is 15.8 Å². The van der Waals surface area contributed by atoms with E-state index in [1.54, 1.807) is 0 Å². The fourth-order valence-corrected chi connectivity index (χ4v) is 2.66. The van der Waals surface area contributed by atoms with Crippen LogP contribution in [0.5, 0.6) is 0 Å². The van der Waals surface area contributed by atoms with Gasteiger partial charge in [-0.2, -0.15) is 0 Å². The summed E-state index contributed by atoms with van der Waals surface area (Å²) in [5.74, 6) is 0. The van der Waals surface area contributed by atoms with Crippen LogP contribution in [0.2, 0.25) is 0 Å². The third kappa shape index (κ3) is 1.85. The van der Waals surface area contributed by atoms with Gasteiger partial charge in [0, 0.05) is 18.0 Å². The molecule has 0 spiro atoms. The molecule has 3 heteroatoms. The van der Waals surface area contributed by atoms with Crippen LogP contribution in [0.1, 0.15) is 11.1 Å². The Balaban J connectivity index is 2.23. The summed E-state index contributed by atoms with van der Waals surface area (Å²) in [4.78, 5) is 4.69. The number of benzene rings is 1. The Kier molecular flexibility index (Phi) is 2.71. The number of rotatable bonds is 1. The van der Waals surface area contributed by atoms with Gasteiger partial charge in [-0.05, 0) is 47.5 Å². The molecule has 18 heavy (non-hydrogen) atoms. The Bertz CT molecular complexity index is 728. The maximum atomic E-state index is 4.69. The van der Waals surface area contributed by atoms with Crippen molar-refractivity contribution in [1.82, 2.24) is 9.38 Å². The summed E-state index contributed by atoms with van der Waals surface area (Å²) in [5, 5.41) is 0. The van der Waals surface area contributed by atoms with E-state index in [0.29, 0.717) is 0 Å². The van der Waals surface area contributed by atoms with Crippen molar-refractivity contribution in [1.29, 1.82) is 0 Å². The van der Waals surface area contributed by atoms with E-state index in [1.165, 1.54) is 16.7 Å². The van der Waals surface area contributed by atoms with E-state index in [-0.39, 0.29) is 0 Å². The zero-order valence-corrected chi connectivity index (χ0v) is 11.9. The molecule has 90 valence electrons. The van der Waals surface area contributed by atoms with Gasteiger partial charge in [-0.15, -0.1) is 0 Å². The number of fused-ring (bicyclic) bond motifs is 1. The van der Waals surface area contributed by atoms with Crippen LogP contribution in [-0.2, 0) is 0 Å². The quantitative estimate of drug-likeness (QED) is 0.652. The maximum absolute atomic E-state index is 4.69. The molecule has 0 aliphatic heterocycles. The van der Waals surface area contributed by atoms with E-state index in [9.17, 15) is 0 Å². The molecule has 0 atom stereocenters. The third-order valence-corrected chi connectivity index (χ3v) is 3.71. The van der Waals surface area contributed by atoms with Crippen molar-refractivity contribution in [2.75, 3.05) is 0 Å². The van der Waals surface area contributed by atoms with Gasteiger partial charge >= 0.3 is 0 Å². The summed E-state index contributed by atoms with van der Waals surface area (Å²) >= 11 is 3.53. The molecule has 2 heterocycles. The Hall–Kier alpha value is -1.61. The van der Waals surface area contributed by atoms with E-state index < -0.39 is 0 Å². The highest BCUT2D eigenvalue weighted by Gasteiger charge is 2.08. The molecule has 0 unspecified atom stereocenters. The monoisotopic (exact) mass is 300 g/mol. The van der Waals surface area contributed by atoms with Crippen molar-refractivity contribution in [2.45, 2.75) is 13.8 Å². The zero-order valence-electron chi connectivity index (χ0n) is 10.3. The number of imidazole rings is 1. The number of aryl methyl sites for hydroxylation is 2. The van der Waals surface area contributed by atoms with Gasteiger partial charge in [0.1, 0.15) is 0 Å². The first-order valence-electron chi connectivity index (χ1n) is 5.86. The average Bonchev–Trinajstić information content (AvgIpc) is 2.74. The van der Waals surface area contributed by atoms with E-state index in [2.05, 4.69) is 59.2 Å². The summed E-state index contributed by atoms with van der Waals surface area (Å²) in [7, 11) is 0. The molecule has 2 aromatic heterocycles. The van der Waals surface area contributed by atoms with Gasteiger partial charge in [0.05, 0.1) is 10.2 Å². The highest BCUT2D eigenvalue weighted by Crippen LogP contribution is 2.26. The van der Waals surface area contributed by atoms with E-state index in [4.69, 9.17) is 0 Å². The maximum Gasteiger partial charge on any atom is 0.151 e. The Morgan fingerprint density at radius 2 is 2.00 bits per heavy atom. The highest BCUT2D eigenvalue weighted by molar-refractivity contribution is 9.10. The Labute approximate surface area is 114 Å². The number of hydrogen-bond donors (Lipinski definition) is 0. The highest BCUT2D eigenvalue weighted by atomic mass is 79.9. The van der Waals surface area contributed by atoms with Crippen LogP contribution < -0.4 is 0 Å². The lowest BCUT2D eigenvalue weighted by molar-refractivity contribution is 1.18. The molecule has 0 aliphatic rings. The predicted molar refractivity (Wildman–Crippen MR) is 77.8 cm³/mol. The standard InChI is InChI=1S/C15H13BrN2/c1-10-5-6-12(11(2)8-10)14-9-18-7-3-4-13(16)15(18)17-14/h3-9H,1-2H3. The second-order valence-electron chi connectivity index (χ2n) is 4.53. The molecular weight excluding hydrogens is 288 g/mol. The van der Waals surface area contributed by atoms with Crippen LogP contribution in [0.3, 0.4) is 0 Å². The summed E-state index contributed by atoms with van der Waals surface area (Å²) in [6.07, 6.45) is 4.08. The molecule has 0 bridgehead atoms. The van der Waals surface area contributed by atoms with Gasteiger partial charge in [0.2, 0.25) is 0 Å². The number of hydrogen-bond acceptors (Lipinski definition) is 1. The normalized spacial score (nSPS) is 11.1. The lowest BCUT2D eigenvalue weighted by atomic mass is 10.0. The minimum absolute atomic E-state index is 0.951. The summed E-state index contributed by atoms with van der Waals surface area (Å²) < 4.78 is 3.06. The minimum atomic E-state index is 0.951. The molecule has 0 saturated carbocycles. The molecule has 1 aromatic carbocycles. The van der Waals surface area contributed by atoms with Crippen LogP contribution >= 0.6 is 15.9 Å². The lowest BCUT2D eigenvalue weighted by Crippen LogP contribution is -1.84. The SMILES string of the molecule is Cc1ccc(-c2cn3cccc(Br)c3n2)c(C)c1. The summed E-state index contributed by atoms with van der Waals surface area (Å²) in [6, 6.07) is 10.5. The number of nitrogens with zero attached hydrogens (tertiary/aromatic N) is 2. The van der Waals surface area contributed by atoms with Crippen LogP contribution in [0, 0.1) is 13.8 Å². The molecular formula is C15H13BrN2. The third-order valence-electron chi connectivity index (χ3n) is 3.09. The van der Waals surface area contributed by atoms with Gasteiger partial charge in [-0.1, -0.05) is 23.8 Å². The molecule has 2 nitrogen and oxygen atoms in total. The molecule has 3 rings (SSSR count). The number of pyridine rings is 1. The second-order valence-corrected chi connectivity index (χ2v) is 5.39. The Morgan fingerprint density at radius 1 is 1.17 bits per heavy atom. The van der Waals surface area contributed by atoms with E-state index >= 15 is 0 Å². The van der Waals surface area contributed by atoms with Gasteiger partial charge in [0.25, 0.3) is 0 Å². The molecule has 0 saturated heterocycles. The van der Waals surface area contributed by atoms with E-state index in [1.807, 2.05) is 22.7 Å². The number of halogens is 1. The smallest absolute Gasteiger partial charge is 0.151 e. The van der Waals surface area contributed by atoms with Gasteiger partial charge in [-0.25, -0.2) is 4.98 Å². The molecule has 0 amide bonds. The lowest BCUT2D eigenvalue weighted by Gasteiger charge is -2.02. The largest absolute Gasteiger partial charge is 0.306 e. The minimum Gasteiger partial charge on any atom is -0.306 e. The van der Waals surface area contributed by atoms with Crippen LogP contribution in [0.15, 0.2) is 47.2 Å². The van der Waals surface area contributed by atoms with Crippen LogP contribution in [0.4, 0.5) is 0 Å². The predicted octanol–water partition coefficient (Wildman–Crippen LogP) is 4.38.